The van der Waals surface area contributed by atoms with Crippen LogP contribution in [-0.4, -0.2) is 0 Å². The van der Waals surface area contributed by atoms with Crippen molar-refractivity contribution in [3.63, 3.8) is 0 Å². The molecule has 0 aliphatic carbocycles. The number of rotatable bonds is 4. The second-order valence-corrected chi connectivity index (χ2v) is 12.4. The smallest absolute Gasteiger partial charge is 0.0534 e. The van der Waals surface area contributed by atoms with Crippen LogP contribution in [0.15, 0.2) is 133 Å². The minimum absolute atomic E-state index is 1.15. The fourth-order valence-corrected chi connectivity index (χ4v) is 8.34. The highest BCUT2D eigenvalue weighted by atomic mass is 32.1. The molecule has 0 bridgehead atoms. The normalized spacial score (nSPS) is 11.6. The number of benzene rings is 6. The molecule has 190 valence electrons. The Labute approximate surface area is 241 Å². The van der Waals surface area contributed by atoms with E-state index in [2.05, 4.69) is 145 Å². The molecule has 0 radical (unpaired) electrons. The Morgan fingerprint density at radius 3 is 1.85 bits per heavy atom. The second-order valence-electron chi connectivity index (χ2n) is 10.3. The molecular weight excluding hydrogens is 523 g/mol. The summed E-state index contributed by atoms with van der Waals surface area (Å²) in [5, 5.41) is 5.36. The number of nitrogens with zero attached hydrogens (tertiary/aromatic N) is 1. The topological polar surface area (TPSA) is 3.24 Å². The van der Waals surface area contributed by atoms with E-state index in [1.807, 2.05) is 22.7 Å². The second kappa shape index (κ2) is 9.34. The number of aryl methyl sites for hydroxylation is 1. The van der Waals surface area contributed by atoms with Crippen LogP contribution in [0.4, 0.5) is 17.1 Å². The third-order valence-electron chi connectivity index (χ3n) is 7.70. The van der Waals surface area contributed by atoms with Gasteiger partial charge >= 0.3 is 0 Å². The summed E-state index contributed by atoms with van der Waals surface area (Å²) in [6.07, 6.45) is 0. The lowest BCUT2D eigenvalue weighted by molar-refractivity contribution is 1.29. The van der Waals surface area contributed by atoms with Crippen molar-refractivity contribution < 1.29 is 0 Å². The average molecular weight is 548 g/mol. The van der Waals surface area contributed by atoms with Gasteiger partial charge in [-0.3, -0.25) is 0 Å². The fraction of sp³-hybridized carbons (Fsp3) is 0.0270. The lowest BCUT2D eigenvalue weighted by Crippen LogP contribution is -2.09. The third kappa shape index (κ3) is 3.82. The molecular formula is C37H25NS2. The van der Waals surface area contributed by atoms with Gasteiger partial charge in [-0.25, -0.2) is 0 Å². The predicted octanol–water partition coefficient (Wildman–Crippen LogP) is 11.9. The quantitative estimate of drug-likeness (QED) is 0.212. The van der Waals surface area contributed by atoms with Crippen molar-refractivity contribution in [1.82, 2.24) is 0 Å². The van der Waals surface area contributed by atoms with Gasteiger partial charge in [0.25, 0.3) is 0 Å². The summed E-state index contributed by atoms with van der Waals surface area (Å²) in [5.41, 5.74) is 7.19. The number of anilines is 3. The Morgan fingerprint density at radius 1 is 0.425 bits per heavy atom. The molecule has 0 saturated carbocycles. The van der Waals surface area contributed by atoms with Crippen molar-refractivity contribution in [3.05, 3.63) is 139 Å². The van der Waals surface area contributed by atoms with Crippen molar-refractivity contribution >= 4 is 80.1 Å². The Balaban J connectivity index is 1.32. The Bertz CT molecular complexity index is 2190. The molecule has 0 unspecified atom stereocenters. The van der Waals surface area contributed by atoms with Crippen molar-refractivity contribution in [2.45, 2.75) is 6.92 Å². The van der Waals surface area contributed by atoms with Crippen LogP contribution in [0, 0.1) is 6.92 Å². The molecule has 2 aromatic heterocycles. The van der Waals surface area contributed by atoms with E-state index in [1.165, 1.54) is 57.0 Å². The molecule has 0 aliphatic rings. The molecule has 8 aromatic rings. The molecule has 0 aliphatic heterocycles. The van der Waals surface area contributed by atoms with E-state index in [0.717, 1.165) is 17.1 Å². The fourth-order valence-electron chi connectivity index (χ4n) is 5.82. The van der Waals surface area contributed by atoms with Gasteiger partial charge in [-0.05, 0) is 66.6 Å². The van der Waals surface area contributed by atoms with E-state index in [0.29, 0.717) is 0 Å². The maximum absolute atomic E-state index is 2.38. The maximum atomic E-state index is 2.38. The number of para-hydroxylation sites is 1. The highest BCUT2D eigenvalue weighted by molar-refractivity contribution is 7.33. The monoisotopic (exact) mass is 547 g/mol. The first kappa shape index (κ1) is 23.4. The van der Waals surface area contributed by atoms with Crippen LogP contribution in [-0.2, 0) is 0 Å². The standard InChI is InChI=1S/C37H25NS2/c1-24-9-7-10-25(21-24)26-11-8-14-28(22-26)38(27-12-3-2-4-13-27)29-17-20-35-33(23-29)32-19-18-31-30-15-5-6-16-34(30)39-36(31)37(32)40-35/h2-23H,1H3. The van der Waals surface area contributed by atoms with Gasteiger partial charge in [-0.15, -0.1) is 22.7 Å². The van der Waals surface area contributed by atoms with E-state index in [1.54, 1.807) is 0 Å². The van der Waals surface area contributed by atoms with E-state index < -0.39 is 0 Å². The Hall–Kier alpha value is -4.44. The van der Waals surface area contributed by atoms with Gasteiger partial charge in [0.15, 0.2) is 0 Å². The number of hydrogen-bond donors (Lipinski definition) is 0. The Kier molecular flexibility index (Phi) is 5.47. The predicted molar refractivity (Wildman–Crippen MR) is 177 cm³/mol. The lowest BCUT2D eigenvalue weighted by Gasteiger charge is -2.26. The van der Waals surface area contributed by atoms with E-state index >= 15 is 0 Å². The zero-order valence-corrected chi connectivity index (χ0v) is 23.6. The summed E-state index contributed by atoms with van der Waals surface area (Å²) in [6, 6.07) is 48.6. The lowest BCUT2D eigenvalue weighted by atomic mass is 10.0. The SMILES string of the molecule is Cc1cccc(-c2cccc(N(c3ccccc3)c3ccc4sc5c(ccc6c7ccccc7sc65)c4c3)c2)c1. The molecule has 3 heteroatoms. The van der Waals surface area contributed by atoms with Crippen LogP contribution < -0.4 is 4.90 Å². The summed E-state index contributed by atoms with van der Waals surface area (Å²) in [7, 11) is 0. The van der Waals surface area contributed by atoms with Gasteiger partial charge < -0.3 is 4.90 Å². The summed E-state index contributed by atoms with van der Waals surface area (Å²) in [4.78, 5) is 2.38. The maximum Gasteiger partial charge on any atom is 0.0534 e. The van der Waals surface area contributed by atoms with E-state index in [-0.39, 0.29) is 0 Å². The molecule has 6 aromatic carbocycles. The largest absolute Gasteiger partial charge is 0.310 e. The first-order valence-electron chi connectivity index (χ1n) is 13.5. The minimum atomic E-state index is 1.15. The minimum Gasteiger partial charge on any atom is -0.310 e. The summed E-state index contributed by atoms with van der Waals surface area (Å²) in [6.45, 7) is 2.15. The average Bonchev–Trinajstić information content (AvgIpc) is 3.56. The molecule has 1 nitrogen and oxygen atoms in total. The highest BCUT2D eigenvalue weighted by Gasteiger charge is 2.17. The highest BCUT2D eigenvalue weighted by Crippen LogP contribution is 2.46. The molecule has 8 rings (SSSR count). The first-order chi connectivity index (χ1) is 19.7. The molecule has 0 spiro atoms. The third-order valence-corrected chi connectivity index (χ3v) is 10.2. The van der Waals surface area contributed by atoms with Gasteiger partial charge in [-0.2, -0.15) is 0 Å². The molecule has 0 N–H and O–H groups in total. The number of hydrogen-bond acceptors (Lipinski definition) is 3. The van der Waals surface area contributed by atoms with Crippen LogP contribution in [0.3, 0.4) is 0 Å². The zero-order chi connectivity index (χ0) is 26.6. The van der Waals surface area contributed by atoms with Crippen LogP contribution in [0.1, 0.15) is 5.56 Å². The summed E-state index contributed by atoms with van der Waals surface area (Å²) in [5.74, 6) is 0. The van der Waals surface area contributed by atoms with Crippen molar-refractivity contribution in [1.29, 1.82) is 0 Å². The van der Waals surface area contributed by atoms with Crippen LogP contribution in [0.2, 0.25) is 0 Å². The number of thiophene rings is 2. The molecule has 0 amide bonds. The van der Waals surface area contributed by atoms with Crippen molar-refractivity contribution in [2.24, 2.45) is 0 Å². The zero-order valence-electron chi connectivity index (χ0n) is 22.0. The summed E-state index contributed by atoms with van der Waals surface area (Å²) < 4.78 is 5.46. The van der Waals surface area contributed by atoms with Crippen molar-refractivity contribution in [2.75, 3.05) is 4.90 Å². The van der Waals surface area contributed by atoms with E-state index in [4.69, 9.17) is 0 Å². The molecule has 2 heterocycles. The van der Waals surface area contributed by atoms with Crippen LogP contribution in [0.25, 0.3) is 51.5 Å². The Morgan fingerprint density at radius 2 is 1.05 bits per heavy atom. The van der Waals surface area contributed by atoms with Gasteiger partial charge in [0, 0.05) is 48.0 Å². The number of fused-ring (bicyclic) bond motifs is 7. The summed E-state index contributed by atoms with van der Waals surface area (Å²) >= 11 is 3.82. The molecule has 0 atom stereocenters. The molecule has 40 heavy (non-hydrogen) atoms. The van der Waals surface area contributed by atoms with Gasteiger partial charge in [-0.1, -0.05) is 90.5 Å². The van der Waals surface area contributed by atoms with Gasteiger partial charge in [0.05, 0.1) is 9.40 Å². The van der Waals surface area contributed by atoms with E-state index in [9.17, 15) is 0 Å². The van der Waals surface area contributed by atoms with Crippen LogP contribution >= 0.6 is 22.7 Å². The first-order valence-corrected chi connectivity index (χ1v) is 15.1. The van der Waals surface area contributed by atoms with Gasteiger partial charge in [0.1, 0.15) is 0 Å². The molecule has 0 saturated heterocycles. The van der Waals surface area contributed by atoms with Crippen LogP contribution in [0.5, 0.6) is 0 Å². The molecule has 0 fully saturated rings. The van der Waals surface area contributed by atoms with Crippen molar-refractivity contribution in [3.8, 4) is 11.1 Å². The van der Waals surface area contributed by atoms with Gasteiger partial charge in [0.2, 0.25) is 0 Å².